The summed E-state index contributed by atoms with van der Waals surface area (Å²) in [6.45, 7) is 8.66. The summed E-state index contributed by atoms with van der Waals surface area (Å²) in [4.78, 5) is 41.4. The van der Waals surface area contributed by atoms with E-state index in [1.165, 1.54) is 0 Å². The molecule has 0 spiro atoms. The first kappa shape index (κ1) is 25.4. The average molecular weight is 437 g/mol. The molecule has 0 bridgehead atoms. The minimum Gasteiger partial charge on any atom is -0.466 e. The van der Waals surface area contributed by atoms with Gasteiger partial charge in [-0.25, -0.2) is 0 Å². The number of nitrogens with one attached hydrogen (secondary N) is 1. The number of carbonyl (C=O) groups is 3. The van der Waals surface area contributed by atoms with Crippen molar-refractivity contribution in [3.05, 3.63) is 12.2 Å². The number of fused-ring (bicyclic) bond motifs is 1. The summed E-state index contributed by atoms with van der Waals surface area (Å²) in [5.41, 5.74) is 0. The van der Waals surface area contributed by atoms with Crippen molar-refractivity contribution in [2.24, 2.45) is 23.7 Å². The second kappa shape index (κ2) is 12.2. The normalized spacial score (nSPS) is 28.4. The molecule has 2 rings (SSSR count). The zero-order valence-electron chi connectivity index (χ0n) is 19.5. The summed E-state index contributed by atoms with van der Waals surface area (Å²) in [6, 6.07) is -0.586. The summed E-state index contributed by atoms with van der Waals surface area (Å²) < 4.78 is 5.34. The van der Waals surface area contributed by atoms with Gasteiger partial charge in [0, 0.05) is 25.1 Å². The van der Waals surface area contributed by atoms with E-state index in [0.29, 0.717) is 19.4 Å². The molecule has 7 nitrogen and oxygen atoms in total. The quantitative estimate of drug-likeness (QED) is 0.279. The lowest BCUT2D eigenvalue weighted by molar-refractivity contribution is -0.155. The van der Waals surface area contributed by atoms with E-state index >= 15 is 0 Å². The molecule has 1 fully saturated rings. The molecule has 31 heavy (non-hydrogen) atoms. The summed E-state index contributed by atoms with van der Waals surface area (Å²) in [6.07, 6.45) is 8.72. The minimum atomic E-state index is -0.614. The highest BCUT2D eigenvalue weighted by Crippen LogP contribution is 2.45. The number of unbranched alkanes of at least 4 members (excludes halogenated alkanes) is 2. The number of aliphatic hydroxyl groups is 1. The first-order valence-electron chi connectivity index (χ1n) is 12.0. The van der Waals surface area contributed by atoms with Gasteiger partial charge in [-0.1, -0.05) is 32.4 Å². The van der Waals surface area contributed by atoms with Crippen molar-refractivity contribution in [1.29, 1.82) is 0 Å². The van der Waals surface area contributed by atoms with E-state index in [2.05, 4.69) is 12.2 Å². The standard InChI is InChI=1S/C24H40N2O5/c1-5-11-16(4)25-22(28)21-18-13-12-17(6-2)19(24(30)31-7-3)20(18)23(29)26(21)14-9-8-10-15-27/h12-13,16-21,27H,5-11,14-15H2,1-4H3,(H,25,28)/t16?,17-,18+,19-,20-,21+/m1/s1. The second-order valence-electron chi connectivity index (χ2n) is 8.80. The molecule has 0 aromatic heterocycles. The average Bonchev–Trinajstić information content (AvgIpc) is 3.02. The smallest absolute Gasteiger partial charge is 0.310 e. The molecule has 2 aliphatic rings. The lowest BCUT2D eigenvalue weighted by atomic mass is 9.69. The third-order valence-corrected chi connectivity index (χ3v) is 6.58. The number of ether oxygens (including phenoxy) is 1. The largest absolute Gasteiger partial charge is 0.466 e. The molecule has 0 saturated carbocycles. The van der Waals surface area contributed by atoms with Crippen molar-refractivity contribution in [1.82, 2.24) is 10.2 Å². The zero-order valence-corrected chi connectivity index (χ0v) is 19.5. The Balaban J connectivity index is 2.34. The van der Waals surface area contributed by atoms with Crippen molar-refractivity contribution in [2.45, 2.75) is 78.3 Å². The van der Waals surface area contributed by atoms with E-state index in [1.54, 1.807) is 11.8 Å². The van der Waals surface area contributed by atoms with Crippen molar-refractivity contribution in [2.75, 3.05) is 19.8 Å². The van der Waals surface area contributed by atoms with E-state index in [9.17, 15) is 14.4 Å². The predicted molar refractivity (Wildman–Crippen MR) is 119 cm³/mol. The number of hydrogen-bond donors (Lipinski definition) is 2. The van der Waals surface area contributed by atoms with Crippen LogP contribution in [0.3, 0.4) is 0 Å². The van der Waals surface area contributed by atoms with Gasteiger partial charge >= 0.3 is 5.97 Å². The van der Waals surface area contributed by atoms with Gasteiger partial charge in [-0.2, -0.15) is 0 Å². The van der Waals surface area contributed by atoms with Crippen LogP contribution >= 0.6 is 0 Å². The van der Waals surface area contributed by atoms with Crippen LogP contribution < -0.4 is 5.32 Å². The van der Waals surface area contributed by atoms with Gasteiger partial charge in [0.15, 0.2) is 0 Å². The Hall–Kier alpha value is -1.89. The van der Waals surface area contributed by atoms with Crippen LogP contribution in [0.4, 0.5) is 0 Å². The highest BCUT2D eigenvalue weighted by molar-refractivity contribution is 5.96. The van der Waals surface area contributed by atoms with Gasteiger partial charge in [0.05, 0.1) is 18.4 Å². The van der Waals surface area contributed by atoms with Gasteiger partial charge < -0.3 is 20.1 Å². The zero-order chi connectivity index (χ0) is 23.0. The highest BCUT2D eigenvalue weighted by Gasteiger charge is 2.57. The number of hydrogen-bond acceptors (Lipinski definition) is 5. The van der Waals surface area contributed by atoms with Crippen LogP contribution in [0.5, 0.6) is 0 Å². The number of aliphatic hydroxyl groups excluding tert-OH is 1. The van der Waals surface area contributed by atoms with E-state index < -0.39 is 17.9 Å². The van der Waals surface area contributed by atoms with E-state index in [4.69, 9.17) is 9.84 Å². The Bertz CT molecular complexity index is 650. The monoisotopic (exact) mass is 436 g/mol. The van der Waals surface area contributed by atoms with Gasteiger partial charge in [-0.15, -0.1) is 0 Å². The Morgan fingerprint density at radius 1 is 1.19 bits per heavy atom. The molecule has 1 aliphatic heterocycles. The Kier molecular flexibility index (Phi) is 10.0. The summed E-state index contributed by atoms with van der Waals surface area (Å²) >= 11 is 0. The maximum absolute atomic E-state index is 13.6. The lowest BCUT2D eigenvalue weighted by Crippen LogP contribution is -2.49. The SMILES string of the molecule is CCCC(C)NC(=O)[C@@H]1[C@H]2C=C[C@@H](CC)[C@@H](C(=O)OCC)[C@@H]2C(=O)N1CCCCCO. The second-order valence-corrected chi connectivity index (χ2v) is 8.80. The molecule has 6 atom stereocenters. The Morgan fingerprint density at radius 3 is 2.55 bits per heavy atom. The van der Waals surface area contributed by atoms with Gasteiger partial charge in [-0.3, -0.25) is 14.4 Å². The Morgan fingerprint density at radius 2 is 1.94 bits per heavy atom. The molecular formula is C24H40N2O5. The van der Waals surface area contributed by atoms with Gasteiger partial charge in [-0.05, 0) is 51.9 Å². The van der Waals surface area contributed by atoms with Crippen molar-refractivity contribution < 1.29 is 24.2 Å². The molecule has 7 heteroatoms. The van der Waals surface area contributed by atoms with E-state index in [1.807, 2.05) is 26.0 Å². The molecule has 1 saturated heterocycles. The van der Waals surface area contributed by atoms with Gasteiger partial charge in [0.25, 0.3) is 0 Å². The topological polar surface area (TPSA) is 95.9 Å². The summed E-state index contributed by atoms with van der Waals surface area (Å²) in [5.74, 6) is -2.15. The van der Waals surface area contributed by atoms with Crippen molar-refractivity contribution in [3.63, 3.8) is 0 Å². The third kappa shape index (κ3) is 5.88. The fourth-order valence-electron chi connectivity index (χ4n) is 5.09. The highest BCUT2D eigenvalue weighted by atomic mass is 16.5. The molecule has 1 aliphatic carbocycles. The molecular weight excluding hydrogens is 396 g/mol. The minimum absolute atomic E-state index is 0.0275. The van der Waals surface area contributed by atoms with Crippen LogP contribution in [0.2, 0.25) is 0 Å². The maximum Gasteiger partial charge on any atom is 0.310 e. The maximum atomic E-state index is 13.6. The molecule has 0 aromatic carbocycles. The van der Waals surface area contributed by atoms with Gasteiger partial charge in [0.2, 0.25) is 11.8 Å². The fraction of sp³-hybridized carbons (Fsp3) is 0.792. The van der Waals surface area contributed by atoms with Crippen LogP contribution in [-0.2, 0) is 19.1 Å². The lowest BCUT2D eigenvalue weighted by Gasteiger charge is -2.33. The fourth-order valence-corrected chi connectivity index (χ4v) is 5.09. The molecule has 1 heterocycles. The van der Waals surface area contributed by atoms with Crippen molar-refractivity contribution in [3.8, 4) is 0 Å². The number of allylic oxidation sites excluding steroid dienone is 1. The Labute approximate surface area is 186 Å². The number of carbonyl (C=O) groups excluding carboxylic acids is 3. The first-order valence-corrected chi connectivity index (χ1v) is 12.0. The van der Waals surface area contributed by atoms with Crippen LogP contribution in [-0.4, -0.2) is 59.6 Å². The van der Waals surface area contributed by atoms with Gasteiger partial charge in [0.1, 0.15) is 6.04 Å². The van der Waals surface area contributed by atoms with Crippen molar-refractivity contribution >= 4 is 17.8 Å². The van der Waals surface area contributed by atoms with E-state index in [0.717, 1.165) is 25.7 Å². The molecule has 2 amide bonds. The van der Waals surface area contributed by atoms with Crippen LogP contribution in [0.15, 0.2) is 12.2 Å². The van der Waals surface area contributed by atoms with Crippen LogP contribution in [0.25, 0.3) is 0 Å². The van der Waals surface area contributed by atoms with Crippen LogP contribution in [0, 0.1) is 23.7 Å². The predicted octanol–water partition coefficient (Wildman–Crippen LogP) is 2.67. The molecule has 2 N–H and O–H groups in total. The molecule has 176 valence electrons. The molecule has 1 unspecified atom stereocenters. The van der Waals surface area contributed by atoms with E-state index in [-0.39, 0.29) is 48.9 Å². The number of nitrogens with zero attached hydrogens (tertiary/aromatic N) is 1. The molecule has 0 aromatic rings. The number of esters is 1. The first-order chi connectivity index (χ1) is 14.9. The third-order valence-electron chi connectivity index (χ3n) is 6.58. The van der Waals surface area contributed by atoms with Crippen LogP contribution in [0.1, 0.15) is 66.2 Å². The number of likely N-dealkylation sites (tertiary alicyclic amines) is 1. The number of rotatable bonds is 12. The molecule has 0 radical (unpaired) electrons. The number of amides is 2. The summed E-state index contributed by atoms with van der Waals surface area (Å²) in [5, 5.41) is 12.1. The summed E-state index contributed by atoms with van der Waals surface area (Å²) in [7, 11) is 0.